The molecule has 2 atom stereocenters. The van der Waals surface area contributed by atoms with Crippen molar-refractivity contribution in [1.29, 1.82) is 0 Å². The minimum Gasteiger partial charge on any atom is -0.480 e. The van der Waals surface area contributed by atoms with Crippen molar-refractivity contribution in [2.45, 2.75) is 32.0 Å². The average Bonchev–Trinajstić information content (AvgIpc) is 2.53. The molecular formula is C15H20N2O5S. The molecule has 0 unspecified atom stereocenters. The third-order valence-electron chi connectivity index (χ3n) is 2.97. The number of thiol groups is 1. The van der Waals surface area contributed by atoms with Crippen LogP contribution in [0.4, 0.5) is 4.79 Å². The van der Waals surface area contributed by atoms with Gasteiger partial charge < -0.3 is 20.5 Å². The molecule has 0 aromatic heterocycles. The standard InChI is InChI=1S/C15H20N2O5S/c1-10(14(19)20)16-13(18)12(7-8-23)17-15(21)22-9-11-5-3-2-4-6-11/h2-6,10,12,23H,7-9H2,1H3,(H,16,18)(H,17,21)(H,19,20)/t10-,12-/m0/s1. The quantitative estimate of drug-likeness (QED) is 0.532. The number of amides is 2. The molecular weight excluding hydrogens is 320 g/mol. The summed E-state index contributed by atoms with van der Waals surface area (Å²) >= 11 is 4.03. The predicted molar refractivity (Wildman–Crippen MR) is 87.3 cm³/mol. The number of nitrogens with one attached hydrogen (secondary N) is 2. The van der Waals surface area contributed by atoms with Gasteiger partial charge in [0.2, 0.25) is 5.91 Å². The molecule has 8 heteroatoms. The minimum atomic E-state index is -1.16. The van der Waals surface area contributed by atoms with Crippen molar-refractivity contribution in [3.8, 4) is 0 Å². The number of hydrogen-bond acceptors (Lipinski definition) is 5. The third kappa shape index (κ3) is 7.05. The van der Waals surface area contributed by atoms with Gasteiger partial charge in [-0.3, -0.25) is 9.59 Å². The molecule has 126 valence electrons. The van der Waals surface area contributed by atoms with E-state index >= 15 is 0 Å². The topological polar surface area (TPSA) is 105 Å². The summed E-state index contributed by atoms with van der Waals surface area (Å²) in [7, 11) is 0. The predicted octanol–water partition coefficient (Wildman–Crippen LogP) is 1.19. The number of carbonyl (C=O) groups is 3. The molecule has 23 heavy (non-hydrogen) atoms. The fraction of sp³-hybridized carbons (Fsp3) is 0.400. The summed E-state index contributed by atoms with van der Waals surface area (Å²) in [5.41, 5.74) is 0.817. The monoisotopic (exact) mass is 340 g/mol. The maximum Gasteiger partial charge on any atom is 0.408 e. The Hall–Kier alpha value is -2.22. The van der Waals surface area contributed by atoms with Crippen molar-refractivity contribution >= 4 is 30.6 Å². The van der Waals surface area contributed by atoms with Crippen LogP contribution in [0.5, 0.6) is 0 Å². The molecule has 0 heterocycles. The summed E-state index contributed by atoms with van der Waals surface area (Å²) in [6.07, 6.45) is -0.499. The second kappa shape index (κ2) is 9.73. The molecule has 0 aliphatic carbocycles. The first-order valence-electron chi connectivity index (χ1n) is 7.05. The van der Waals surface area contributed by atoms with Crippen molar-refractivity contribution < 1.29 is 24.2 Å². The van der Waals surface area contributed by atoms with E-state index < -0.39 is 30.1 Å². The molecule has 0 saturated carbocycles. The molecule has 1 rings (SSSR count). The largest absolute Gasteiger partial charge is 0.480 e. The van der Waals surface area contributed by atoms with E-state index in [1.807, 2.05) is 18.2 Å². The zero-order valence-corrected chi connectivity index (χ0v) is 13.6. The van der Waals surface area contributed by atoms with E-state index in [4.69, 9.17) is 9.84 Å². The Balaban J connectivity index is 2.52. The van der Waals surface area contributed by atoms with Crippen LogP contribution in [0.15, 0.2) is 30.3 Å². The van der Waals surface area contributed by atoms with Gasteiger partial charge in [-0.25, -0.2) is 4.79 Å². The van der Waals surface area contributed by atoms with E-state index in [-0.39, 0.29) is 13.0 Å². The van der Waals surface area contributed by atoms with Gasteiger partial charge in [0.1, 0.15) is 18.7 Å². The second-order valence-electron chi connectivity index (χ2n) is 4.84. The summed E-state index contributed by atoms with van der Waals surface area (Å²) in [5, 5.41) is 13.5. The molecule has 0 fully saturated rings. The lowest BCUT2D eigenvalue weighted by molar-refractivity contribution is -0.141. The minimum absolute atomic E-state index is 0.0768. The average molecular weight is 340 g/mol. The second-order valence-corrected chi connectivity index (χ2v) is 5.29. The van der Waals surface area contributed by atoms with Crippen molar-refractivity contribution in [3.63, 3.8) is 0 Å². The fourth-order valence-electron chi connectivity index (χ4n) is 1.68. The van der Waals surface area contributed by atoms with Crippen LogP contribution in [0.25, 0.3) is 0 Å². The van der Waals surface area contributed by atoms with Gasteiger partial charge in [0, 0.05) is 0 Å². The first-order chi connectivity index (χ1) is 10.9. The first kappa shape index (κ1) is 18.8. The Morgan fingerprint density at radius 3 is 2.43 bits per heavy atom. The SMILES string of the molecule is C[C@H](NC(=O)[C@H](CCS)NC(=O)OCc1ccccc1)C(=O)O. The number of carbonyl (C=O) groups excluding carboxylic acids is 2. The van der Waals surface area contributed by atoms with Crippen molar-refractivity contribution in [3.05, 3.63) is 35.9 Å². The molecule has 2 amide bonds. The van der Waals surface area contributed by atoms with Crippen molar-refractivity contribution in [2.24, 2.45) is 0 Å². The molecule has 0 spiro atoms. The lowest BCUT2D eigenvalue weighted by Gasteiger charge is -2.19. The molecule has 0 aliphatic rings. The van der Waals surface area contributed by atoms with Gasteiger partial charge >= 0.3 is 12.1 Å². The Labute approximate surface area is 139 Å². The van der Waals surface area contributed by atoms with E-state index in [2.05, 4.69) is 23.3 Å². The van der Waals surface area contributed by atoms with Crippen LogP contribution in [0.1, 0.15) is 18.9 Å². The van der Waals surface area contributed by atoms with E-state index in [1.165, 1.54) is 6.92 Å². The zero-order valence-electron chi connectivity index (χ0n) is 12.7. The Morgan fingerprint density at radius 2 is 1.87 bits per heavy atom. The molecule has 0 radical (unpaired) electrons. The number of carboxylic acid groups (broad SMARTS) is 1. The molecule has 1 aromatic rings. The van der Waals surface area contributed by atoms with E-state index in [1.54, 1.807) is 12.1 Å². The highest BCUT2D eigenvalue weighted by molar-refractivity contribution is 7.80. The van der Waals surface area contributed by atoms with Crippen molar-refractivity contribution in [1.82, 2.24) is 10.6 Å². The number of alkyl carbamates (subject to hydrolysis) is 1. The van der Waals surface area contributed by atoms with Gasteiger partial charge in [-0.2, -0.15) is 12.6 Å². The Kier molecular flexibility index (Phi) is 7.96. The van der Waals surface area contributed by atoms with E-state index in [0.717, 1.165) is 5.56 Å². The zero-order chi connectivity index (χ0) is 17.2. The molecule has 0 saturated heterocycles. The summed E-state index contributed by atoms with van der Waals surface area (Å²) in [6, 6.07) is 7.14. The van der Waals surface area contributed by atoms with Crippen LogP contribution in [0.3, 0.4) is 0 Å². The van der Waals surface area contributed by atoms with Gasteiger partial charge in [0.25, 0.3) is 0 Å². The normalized spacial score (nSPS) is 12.8. The van der Waals surface area contributed by atoms with Gasteiger partial charge in [-0.05, 0) is 24.7 Å². The number of benzene rings is 1. The van der Waals surface area contributed by atoms with Gasteiger partial charge in [-0.15, -0.1) is 0 Å². The van der Waals surface area contributed by atoms with E-state index in [0.29, 0.717) is 5.75 Å². The number of rotatable bonds is 8. The smallest absolute Gasteiger partial charge is 0.408 e. The van der Waals surface area contributed by atoms with Crippen LogP contribution in [0, 0.1) is 0 Å². The van der Waals surface area contributed by atoms with Crippen LogP contribution >= 0.6 is 12.6 Å². The van der Waals surface area contributed by atoms with Gasteiger partial charge in [0.05, 0.1) is 0 Å². The highest BCUT2D eigenvalue weighted by atomic mass is 32.1. The van der Waals surface area contributed by atoms with Crippen LogP contribution in [-0.2, 0) is 20.9 Å². The highest BCUT2D eigenvalue weighted by Crippen LogP contribution is 2.02. The summed E-state index contributed by atoms with van der Waals surface area (Å²) in [6.45, 7) is 1.42. The molecule has 1 aromatic carbocycles. The molecule has 7 nitrogen and oxygen atoms in total. The first-order valence-corrected chi connectivity index (χ1v) is 7.68. The molecule has 0 bridgehead atoms. The van der Waals surface area contributed by atoms with Gasteiger partial charge in [-0.1, -0.05) is 30.3 Å². The van der Waals surface area contributed by atoms with Crippen LogP contribution < -0.4 is 10.6 Å². The van der Waals surface area contributed by atoms with Crippen molar-refractivity contribution in [2.75, 3.05) is 5.75 Å². The van der Waals surface area contributed by atoms with Crippen LogP contribution in [0.2, 0.25) is 0 Å². The number of hydrogen-bond donors (Lipinski definition) is 4. The Morgan fingerprint density at radius 1 is 1.22 bits per heavy atom. The number of aliphatic carboxylic acids is 1. The maximum atomic E-state index is 12.0. The fourth-order valence-corrected chi connectivity index (χ4v) is 1.94. The van der Waals surface area contributed by atoms with Gasteiger partial charge in [0.15, 0.2) is 0 Å². The highest BCUT2D eigenvalue weighted by Gasteiger charge is 2.24. The lowest BCUT2D eigenvalue weighted by atomic mass is 10.2. The summed E-state index contributed by atoms with van der Waals surface area (Å²) in [5.74, 6) is -1.40. The third-order valence-corrected chi connectivity index (χ3v) is 3.23. The maximum absolute atomic E-state index is 12.0. The number of ether oxygens (including phenoxy) is 1. The summed E-state index contributed by atoms with van der Waals surface area (Å²) < 4.78 is 5.04. The number of carboxylic acids is 1. The lowest BCUT2D eigenvalue weighted by Crippen LogP contribution is -2.51. The van der Waals surface area contributed by atoms with Crippen LogP contribution in [-0.4, -0.2) is 40.9 Å². The summed E-state index contributed by atoms with van der Waals surface area (Å²) in [4.78, 5) is 34.5. The molecule has 0 aliphatic heterocycles. The Bertz CT molecular complexity index is 538. The molecule has 3 N–H and O–H groups in total. The van der Waals surface area contributed by atoms with E-state index in [9.17, 15) is 14.4 Å².